The summed E-state index contributed by atoms with van der Waals surface area (Å²) in [4.78, 5) is 19.0. The minimum Gasteiger partial charge on any atom is -0.506 e. The number of nitrogens with zero attached hydrogens (tertiary/aromatic N) is 2. The molecular weight excluding hydrogens is 282 g/mol. The van der Waals surface area contributed by atoms with Crippen LogP contribution in [0.2, 0.25) is 5.15 Å². The van der Waals surface area contributed by atoms with E-state index in [0.717, 1.165) is 6.07 Å². The maximum absolute atomic E-state index is 10.8. The largest absolute Gasteiger partial charge is 0.506 e. The number of aromatic nitrogens is 2. The Hall–Kier alpha value is -2.34. The highest BCUT2D eigenvalue weighted by Crippen LogP contribution is 2.27. The van der Waals surface area contributed by atoms with Gasteiger partial charge in [-0.1, -0.05) is 18.5 Å². The van der Waals surface area contributed by atoms with E-state index < -0.39 is 5.97 Å². The Morgan fingerprint density at radius 2 is 2.10 bits per heavy atom. The van der Waals surface area contributed by atoms with Gasteiger partial charge in [0.1, 0.15) is 22.5 Å². The molecule has 1 aromatic carbocycles. The summed E-state index contributed by atoms with van der Waals surface area (Å²) in [5.41, 5.74) is 0.342. The molecule has 0 saturated carbocycles. The van der Waals surface area contributed by atoms with Crippen molar-refractivity contribution in [1.29, 1.82) is 0 Å². The summed E-state index contributed by atoms with van der Waals surface area (Å²) in [5, 5.41) is 21.8. The molecule has 104 valence electrons. The molecule has 1 aromatic heterocycles. The smallest absolute Gasteiger partial charge is 0.335 e. The fraction of sp³-hybridized carbons (Fsp3) is 0.154. The minimum absolute atomic E-state index is 0.00279. The summed E-state index contributed by atoms with van der Waals surface area (Å²) in [5.74, 6) is -0.287. The van der Waals surface area contributed by atoms with Crippen molar-refractivity contribution in [3.05, 3.63) is 40.8 Å². The zero-order valence-corrected chi connectivity index (χ0v) is 11.3. The molecule has 0 unspecified atom stereocenters. The summed E-state index contributed by atoms with van der Waals surface area (Å²) in [6.45, 7) is 1.90. The zero-order valence-electron chi connectivity index (χ0n) is 10.6. The number of halogens is 1. The molecule has 0 bridgehead atoms. The number of carbonyl (C=O) groups is 1. The molecule has 0 spiro atoms. The van der Waals surface area contributed by atoms with Crippen molar-refractivity contribution < 1.29 is 15.0 Å². The van der Waals surface area contributed by atoms with Crippen LogP contribution in [0.15, 0.2) is 24.3 Å². The van der Waals surface area contributed by atoms with Gasteiger partial charge in [0, 0.05) is 12.5 Å². The summed E-state index contributed by atoms with van der Waals surface area (Å²) < 4.78 is 0. The van der Waals surface area contributed by atoms with Crippen molar-refractivity contribution in [2.45, 2.75) is 13.3 Å². The molecule has 20 heavy (non-hydrogen) atoms. The molecule has 2 aromatic rings. The number of anilines is 2. The van der Waals surface area contributed by atoms with Gasteiger partial charge in [-0.15, -0.1) is 0 Å². The van der Waals surface area contributed by atoms with Gasteiger partial charge in [0.25, 0.3) is 0 Å². The number of aryl methyl sites for hydroxylation is 1. The fourth-order valence-corrected chi connectivity index (χ4v) is 1.80. The first-order valence-electron chi connectivity index (χ1n) is 5.86. The van der Waals surface area contributed by atoms with Crippen molar-refractivity contribution in [2.75, 3.05) is 5.32 Å². The van der Waals surface area contributed by atoms with Crippen LogP contribution in [0.5, 0.6) is 5.75 Å². The third-order valence-electron chi connectivity index (χ3n) is 2.56. The van der Waals surface area contributed by atoms with Crippen molar-refractivity contribution in [2.24, 2.45) is 0 Å². The van der Waals surface area contributed by atoms with Crippen LogP contribution in [0.4, 0.5) is 11.5 Å². The van der Waals surface area contributed by atoms with Crippen LogP contribution in [0, 0.1) is 0 Å². The number of aromatic carboxylic acids is 1. The molecule has 2 rings (SSSR count). The molecular formula is C13H12ClN3O3. The lowest BCUT2D eigenvalue weighted by Gasteiger charge is -2.09. The Kier molecular flexibility index (Phi) is 4.05. The number of benzene rings is 1. The monoisotopic (exact) mass is 293 g/mol. The lowest BCUT2D eigenvalue weighted by Crippen LogP contribution is -2.01. The van der Waals surface area contributed by atoms with Crippen LogP contribution in [-0.4, -0.2) is 26.2 Å². The van der Waals surface area contributed by atoms with Gasteiger partial charge in [0.05, 0.1) is 11.3 Å². The molecule has 0 amide bonds. The van der Waals surface area contributed by atoms with Gasteiger partial charge in [0.15, 0.2) is 0 Å². The third kappa shape index (κ3) is 3.16. The van der Waals surface area contributed by atoms with Crippen molar-refractivity contribution in [1.82, 2.24) is 9.97 Å². The SMILES string of the molecule is CCc1nc(Cl)cc(Nc2ccc(C(=O)O)cc2O)n1. The Morgan fingerprint density at radius 3 is 2.70 bits per heavy atom. The predicted molar refractivity (Wildman–Crippen MR) is 74.8 cm³/mol. The lowest BCUT2D eigenvalue weighted by atomic mass is 10.2. The second-order valence-corrected chi connectivity index (χ2v) is 4.40. The first-order chi connectivity index (χ1) is 9.49. The standard InChI is InChI=1S/C13H12ClN3O3/c1-2-11-16-10(14)6-12(17-11)15-8-4-3-7(13(19)20)5-9(8)18/h3-6,18H,2H2,1H3,(H,19,20)(H,15,16,17). The zero-order chi connectivity index (χ0) is 14.7. The van der Waals surface area contributed by atoms with Crippen molar-refractivity contribution >= 4 is 29.1 Å². The Balaban J connectivity index is 2.30. The molecule has 0 saturated heterocycles. The maximum atomic E-state index is 10.8. The molecule has 0 aliphatic rings. The van der Waals surface area contributed by atoms with Crippen LogP contribution >= 0.6 is 11.6 Å². The van der Waals surface area contributed by atoms with Crippen LogP contribution < -0.4 is 5.32 Å². The van der Waals surface area contributed by atoms with Crippen LogP contribution in [0.25, 0.3) is 0 Å². The number of aromatic hydroxyl groups is 1. The number of rotatable bonds is 4. The second-order valence-electron chi connectivity index (χ2n) is 4.01. The normalized spacial score (nSPS) is 10.3. The first kappa shape index (κ1) is 14.1. The summed E-state index contributed by atoms with van der Waals surface area (Å²) in [6.07, 6.45) is 0.624. The Labute approximate surface area is 120 Å². The molecule has 0 radical (unpaired) electrons. The van der Waals surface area contributed by atoms with E-state index in [1.54, 1.807) is 0 Å². The minimum atomic E-state index is -1.11. The van der Waals surface area contributed by atoms with Gasteiger partial charge >= 0.3 is 5.97 Å². The second kappa shape index (κ2) is 5.75. The highest BCUT2D eigenvalue weighted by molar-refractivity contribution is 6.29. The van der Waals surface area contributed by atoms with E-state index in [1.807, 2.05) is 6.92 Å². The molecule has 0 aliphatic heterocycles. The number of phenolic OH excluding ortho intramolecular Hbond substituents is 1. The maximum Gasteiger partial charge on any atom is 0.335 e. The molecule has 3 N–H and O–H groups in total. The van der Waals surface area contributed by atoms with E-state index >= 15 is 0 Å². The molecule has 1 heterocycles. The van der Waals surface area contributed by atoms with E-state index in [0.29, 0.717) is 28.9 Å². The average molecular weight is 294 g/mol. The number of hydrogen-bond acceptors (Lipinski definition) is 5. The Morgan fingerprint density at radius 1 is 1.35 bits per heavy atom. The topological polar surface area (TPSA) is 95.3 Å². The molecule has 0 aliphatic carbocycles. The van der Waals surface area contributed by atoms with Crippen LogP contribution in [-0.2, 0) is 6.42 Å². The van der Waals surface area contributed by atoms with Gasteiger partial charge in [-0.3, -0.25) is 0 Å². The third-order valence-corrected chi connectivity index (χ3v) is 2.76. The van der Waals surface area contributed by atoms with E-state index in [1.165, 1.54) is 18.2 Å². The predicted octanol–water partition coefficient (Wildman–Crippen LogP) is 2.84. The van der Waals surface area contributed by atoms with Crippen molar-refractivity contribution in [3.63, 3.8) is 0 Å². The fourth-order valence-electron chi connectivity index (χ4n) is 1.60. The highest BCUT2D eigenvalue weighted by atomic mass is 35.5. The van der Waals surface area contributed by atoms with Crippen molar-refractivity contribution in [3.8, 4) is 5.75 Å². The molecule has 0 fully saturated rings. The number of nitrogens with one attached hydrogen (secondary N) is 1. The van der Waals surface area contributed by atoms with Gasteiger partial charge in [0.2, 0.25) is 0 Å². The quantitative estimate of drug-likeness (QED) is 0.592. The van der Waals surface area contributed by atoms with Gasteiger partial charge in [-0.25, -0.2) is 14.8 Å². The van der Waals surface area contributed by atoms with E-state index in [-0.39, 0.29) is 11.3 Å². The Bertz CT molecular complexity index is 661. The van der Waals surface area contributed by atoms with Crippen LogP contribution in [0.3, 0.4) is 0 Å². The number of phenols is 1. The van der Waals surface area contributed by atoms with E-state index in [2.05, 4.69) is 15.3 Å². The van der Waals surface area contributed by atoms with Gasteiger partial charge < -0.3 is 15.5 Å². The molecule has 0 atom stereocenters. The number of carboxylic acid groups (broad SMARTS) is 1. The summed E-state index contributed by atoms with van der Waals surface area (Å²) >= 11 is 5.87. The number of hydrogen-bond donors (Lipinski definition) is 3. The summed E-state index contributed by atoms with van der Waals surface area (Å²) in [6, 6.07) is 5.52. The summed E-state index contributed by atoms with van der Waals surface area (Å²) in [7, 11) is 0. The molecule has 6 nitrogen and oxygen atoms in total. The van der Waals surface area contributed by atoms with Gasteiger partial charge in [-0.05, 0) is 18.2 Å². The lowest BCUT2D eigenvalue weighted by molar-refractivity contribution is 0.0696. The van der Waals surface area contributed by atoms with Gasteiger partial charge in [-0.2, -0.15) is 0 Å². The van der Waals surface area contributed by atoms with E-state index in [9.17, 15) is 9.90 Å². The number of carboxylic acids is 1. The van der Waals surface area contributed by atoms with Crippen LogP contribution in [0.1, 0.15) is 23.1 Å². The van der Waals surface area contributed by atoms with E-state index in [4.69, 9.17) is 16.7 Å². The highest BCUT2D eigenvalue weighted by Gasteiger charge is 2.09. The first-order valence-corrected chi connectivity index (χ1v) is 6.24. The average Bonchev–Trinajstić information content (AvgIpc) is 2.40. The molecule has 7 heteroatoms.